The Balaban J connectivity index is 1.25. The summed E-state index contributed by atoms with van der Waals surface area (Å²) in [5, 5.41) is 2.84. The van der Waals surface area contributed by atoms with Gasteiger partial charge in [-0.25, -0.2) is 0 Å². The zero-order chi connectivity index (χ0) is 18.0. The number of carbonyl (C=O) groups is 3. The maximum atomic E-state index is 12.9. The fourth-order valence-electron chi connectivity index (χ4n) is 5.40. The first-order valence-electron chi connectivity index (χ1n) is 9.44. The van der Waals surface area contributed by atoms with Crippen molar-refractivity contribution in [3.05, 3.63) is 42.0 Å². The molecule has 0 radical (unpaired) electrons. The largest absolute Gasteiger partial charge is 0.326 e. The molecule has 0 aromatic heterocycles. The fourth-order valence-corrected chi connectivity index (χ4v) is 5.40. The van der Waals surface area contributed by atoms with E-state index in [1.807, 2.05) is 31.2 Å². The lowest BCUT2D eigenvalue weighted by Crippen LogP contribution is -2.40. The molecule has 1 aromatic carbocycles. The molecular formula is C21H22N2O3. The molecule has 1 saturated heterocycles. The van der Waals surface area contributed by atoms with Crippen LogP contribution in [0.3, 0.4) is 0 Å². The van der Waals surface area contributed by atoms with Crippen molar-refractivity contribution in [3.8, 4) is 0 Å². The number of benzene rings is 1. The van der Waals surface area contributed by atoms with Crippen LogP contribution in [0.2, 0.25) is 0 Å². The van der Waals surface area contributed by atoms with Crippen molar-refractivity contribution in [1.82, 2.24) is 4.90 Å². The van der Waals surface area contributed by atoms with Gasteiger partial charge in [-0.3, -0.25) is 19.3 Å². The van der Waals surface area contributed by atoms with Crippen molar-refractivity contribution >= 4 is 23.4 Å². The Hall–Kier alpha value is -2.43. The summed E-state index contributed by atoms with van der Waals surface area (Å²) < 4.78 is 0. The number of hydrogen-bond donors (Lipinski definition) is 1. The highest BCUT2D eigenvalue weighted by Gasteiger charge is 2.66. The molecular weight excluding hydrogens is 328 g/mol. The number of nitrogens with one attached hydrogen (secondary N) is 1. The molecule has 0 unspecified atom stereocenters. The number of nitrogens with zero attached hydrogens (tertiary/aromatic N) is 1. The standard InChI is InChI=1S/C21H22N2O3/c1-11-3-2-4-12(9-11)22-17(24)7-8-23-20(25)18-13-5-6-14(16-10-15(13)16)19(18)21(23)26/h2-6,9,13-16,18-19H,7-8,10H2,1H3,(H,22,24)/t13-,14+,15-,16-,18+,19+/m1/s1. The zero-order valence-electron chi connectivity index (χ0n) is 14.7. The average molecular weight is 350 g/mol. The highest BCUT2D eigenvalue weighted by atomic mass is 16.2. The lowest BCUT2D eigenvalue weighted by atomic mass is 9.63. The molecule has 4 aliphatic carbocycles. The maximum Gasteiger partial charge on any atom is 0.233 e. The molecule has 5 aliphatic rings. The number of anilines is 1. The smallest absolute Gasteiger partial charge is 0.233 e. The van der Waals surface area contributed by atoms with Crippen molar-refractivity contribution in [1.29, 1.82) is 0 Å². The predicted octanol–water partition coefficient (Wildman–Crippen LogP) is 2.38. The summed E-state index contributed by atoms with van der Waals surface area (Å²) >= 11 is 0. The van der Waals surface area contributed by atoms with E-state index < -0.39 is 0 Å². The second-order valence-corrected chi connectivity index (χ2v) is 8.15. The van der Waals surface area contributed by atoms with Crippen molar-refractivity contribution in [2.45, 2.75) is 19.8 Å². The van der Waals surface area contributed by atoms with E-state index in [1.54, 1.807) is 0 Å². The molecule has 6 rings (SSSR count). The monoisotopic (exact) mass is 350 g/mol. The van der Waals surface area contributed by atoms with Crippen LogP contribution < -0.4 is 5.32 Å². The van der Waals surface area contributed by atoms with Crippen LogP contribution in [0.4, 0.5) is 5.69 Å². The summed E-state index contributed by atoms with van der Waals surface area (Å²) in [7, 11) is 0. The van der Waals surface area contributed by atoms with Crippen molar-refractivity contribution in [2.24, 2.45) is 35.5 Å². The van der Waals surface area contributed by atoms with Crippen molar-refractivity contribution in [2.75, 3.05) is 11.9 Å². The van der Waals surface area contributed by atoms with Crippen molar-refractivity contribution in [3.63, 3.8) is 0 Å². The first-order valence-corrected chi connectivity index (χ1v) is 9.44. The second-order valence-electron chi connectivity index (χ2n) is 8.15. The van der Waals surface area contributed by atoms with Crippen LogP contribution >= 0.6 is 0 Å². The minimum atomic E-state index is -0.180. The van der Waals surface area contributed by atoms with E-state index >= 15 is 0 Å². The number of carbonyl (C=O) groups excluding carboxylic acids is 3. The molecule has 0 spiro atoms. The SMILES string of the molecule is Cc1cccc(NC(=O)CCN2C(=O)[C@H]3[C@@H]4C=C[C@@H]([C@H]5C[C@H]45)[C@@H]3C2=O)c1. The molecule has 3 amide bonds. The average Bonchev–Trinajstić information content (AvgIpc) is 3.39. The van der Waals surface area contributed by atoms with E-state index in [-0.39, 0.29) is 54.4 Å². The van der Waals surface area contributed by atoms with Gasteiger partial charge in [0.05, 0.1) is 11.8 Å². The third kappa shape index (κ3) is 2.26. The van der Waals surface area contributed by atoms with Gasteiger partial charge in [-0.2, -0.15) is 0 Å². The molecule has 6 atom stereocenters. The third-order valence-corrected chi connectivity index (χ3v) is 6.62. The minimum Gasteiger partial charge on any atom is -0.326 e. The number of imide groups is 1. The van der Waals surface area contributed by atoms with Gasteiger partial charge < -0.3 is 5.32 Å². The van der Waals surface area contributed by atoms with Crippen LogP contribution in [0, 0.1) is 42.4 Å². The second kappa shape index (κ2) is 5.53. The van der Waals surface area contributed by atoms with Crippen molar-refractivity contribution < 1.29 is 14.4 Å². The van der Waals surface area contributed by atoms with E-state index in [4.69, 9.17) is 0 Å². The van der Waals surface area contributed by atoms with E-state index in [0.717, 1.165) is 17.7 Å². The summed E-state index contributed by atoms with van der Waals surface area (Å²) in [5.41, 5.74) is 1.81. The summed E-state index contributed by atoms with van der Waals surface area (Å²) in [6.07, 6.45) is 5.63. The quantitative estimate of drug-likeness (QED) is 0.670. The summed E-state index contributed by atoms with van der Waals surface area (Å²) in [6, 6.07) is 7.58. The Morgan fingerprint density at radius 2 is 1.77 bits per heavy atom. The maximum absolute atomic E-state index is 12.9. The molecule has 2 saturated carbocycles. The molecule has 1 heterocycles. The highest BCUT2D eigenvalue weighted by molar-refractivity contribution is 6.06. The van der Waals surface area contributed by atoms with E-state index in [9.17, 15) is 14.4 Å². The Morgan fingerprint density at radius 3 is 2.38 bits per heavy atom. The Morgan fingerprint density at radius 1 is 1.12 bits per heavy atom. The van der Waals surface area contributed by atoms with Gasteiger partial charge in [-0.15, -0.1) is 0 Å². The summed E-state index contributed by atoms with van der Waals surface area (Å²) in [6.45, 7) is 2.14. The summed E-state index contributed by atoms with van der Waals surface area (Å²) in [5.74, 6) is 1.02. The van der Waals surface area contributed by atoms with E-state index in [0.29, 0.717) is 11.8 Å². The zero-order valence-corrected chi connectivity index (χ0v) is 14.7. The first kappa shape index (κ1) is 15.8. The third-order valence-electron chi connectivity index (χ3n) is 6.62. The Labute approximate surface area is 152 Å². The molecule has 1 aliphatic heterocycles. The number of hydrogen-bond acceptors (Lipinski definition) is 3. The number of aryl methyl sites for hydroxylation is 1. The molecule has 5 heteroatoms. The minimum absolute atomic E-state index is 0.0620. The first-order chi connectivity index (χ1) is 12.5. The van der Waals surface area contributed by atoms with Crippen LogP contribution in [0.1, 0.15) is 18.4 Å². The van der Waals surface area contributed by atoms with Gasteiger partial charge in [-0.1, -0.05) is 24.3 Å². The van der Waals surface area contributed by atoms with Gasteiger partial charge >= 0.3 is 0 Å². The van der Waals surface area contributed by atoms with Crippen LogP contribution in [0.25, 0.3) is 0 Å². The van der Waals surface area contributed by atoms with Gasteiger partial charge in [0.15, 0.2) is 0 Å². The molecule has 1 N–H and O–H groups in total. The van der Waals surface area contributed by atoms with Crippen LogP contribution in [-0.4, -0.2) is 29.2 Å². The van der Waals surface area contributed by atoms with Gasteiger partial charge in [0, 0.05) is 18.7 Å². The molecule has 26 heavy (non-hydrogen) atoms. The molecule has 3 fully saturated rings. The van der Waals surface area contributed by atoms with Crippen LogP contribution in [0.5, 0.6) is 0 Å². The molecule has 2 bridgehead atoms. The lowest BCUT2D eigenvalue weighted by Gasteiger charge is -2.37. The number of allylic oxidation sites excluding steroid dienone is 2. The van der Waals surface area contributed by atoms with Crippen LogP contribution in [-0.2, 0) is 14.4 Å². The van der Waals surface area contributed by atoms with Gasteiger partial charge in [0.25, 0.3) is 0 Å². The van der Waals surface area contributed by atoms with Gasteiger partial charge in [0.1, 0.15) is 0 Å². The molecule has 134 valence electrons. The normalized spacial score (nSPS) is 36.1. The van der Waals surface area contributed by atoms with Crippen LogP contribution in [0.15, 0.2) is 36.4 Å². The summed E-state index contributed by atoms with van der Waals surface area (Å²) in [4.78, 5) is 39.3. The fraction of sp³-hybridized carbons (Fsp3) is 0.476. The number of likely N-dealkylation sites (tertiary alicyclic amines) is 1. The Bertz CT molecular complexity index is 809. The Kier molecular flexibility index (Phi) is 3.36. The highest BCUT2D eigenvalue weighted by Crippen LogP contribution is 2.65. The van der Waals surface area contributed by atoms with Gasteiger partial charge in [-0.05, 0) is 54.7 Å². The van der Waals surface area contributed by atoms with E-state index in [1.165, 1.54) is 4.90 Å². The van der Waals surface area contributed by atoms with E-state index in [2.05, 4.69) is 17.5 Å². The lowest BCUT2D eigenvalue weighted by molar-refractivity contribution is -0.140. The topological polar surface area (TPSA) is 66.5 Å². The van der Waals surface area contributed by atoms with Gasteiger partial charge in [0.2, 0.25) is 17.7 Å². The number of rotatable bonds is 4. The molecule has 5 nitrogen and oxygen atoms in total. The molecule has 1 aromatic rings. The number of amides is 3. The predicted molar refractivity (Wildman–Crippen MR) is 95.8 cm³/mol.